The minimum atomic E-state index is -0.322. The van der Waals surface area contributed by atoms with Crippen molar-refractivity contribution in [3.63, 3.8) is 0 Å². The van der Waals surface area contributed by atoms with Crippen LogP contribution >= 0.6 is 0 Å². The molecule has 6 heteroatoms. The van der Waals surface area contributed by atoms with Crippen molar-refractivity contribution in [2.24, 2.45) is 17.8 Å². The highest BCUT2D eigenvalue weighted by Crippen LogP contribution is 2.49. The SMILES string of the molecule is C/C=C/c1ccc2n(c1=O)C[C@@H]1[C@@H](CO)[C@H](C(=O)NCC3CC3)N(CCC)[C@H]21. The molecule has 1 aromatic heterocycles. The Balaban J connectivity index is 1.67. The second-order valence-electron chi connectivity index (χ2n) is 8.46. The molecule has 3 heterocycles. The smallest absolute Gasteiger partial charge is 0.258 e. The number of amides is 1. The Morgan fingerprint density at radius 2 is 2.14 bits per heavy atom. The Kier molecular flexibility index (Phi) is 5.43. The first-order valence-electron chi connectivity index (χ1n) is 10.6. The van der Waals surface area contributed by atoms with Crippen LogP contribution in [0.1, 0.15) is 50.4 Å². The molecular formula is C22H31N3O3. The standard InChI is InChI=1S/C22H31N3O3/c1-3-5-15-8-9-18-19-16(12-25(18)22(15)28)17(13-26)20(24(19)10-4-2)21(27)23-11-14-6-7-14/h3,5,8-9,14,16-17,19-20,26H,4,6-7,10-13H2,1-2H3,(H,23,27)/b5-3+/t16-,17-,19+,20-/m1/s1. The average Bonchev–Trinajstić information content (AvgIpc) is 3.36. The van der Waals surface area contributed by atoms with E-state index in [1.807, 2.05) is 35.8 Å². The van der Waals surface area contributed by atoms with Gasteiger partial charge in [-0.1, -0.05) is 19.1 Å². The van der Waals surface area contributed by atoms with Crippen LogP contribution in [0.15, 0.2) is 23.0 Å². The molecule has 2 aliphatic heterocycles. The number of aromatic nitrogens is 1. The Bertz CT molecular complexity index is 827. The number of fused-ring (bicyclic) bond motifs is 3. The van der Waals surface area contributed by atoms with Crippen LogP contribution in [0.3, 0.4) is 0 Å². The minimum Gasteiger partial charge on any atom is -0.396 e. The second kappa shape index (κ2) is 7.84. The minimum absolute atomic E-state index is 0.0149. The van der Waals surface area contributed by atoms with E-state index in [2.05, 4.69) is 17.1 Å². The van der Waals surface area contributed by atoms with Crippen LogP contribution in [-0.2, 0) is 11.3 Å². The molecule has 2 fully saturated rings. The summed E-state index contributed by atoms with van der Waals surface area (Å²) < 4.78 is 1.86. The number of rotatable bonds is 7. The quantitative estimate of drug-likeness (QED) is 0.750. The molecule has 28 heavy (non-hydrogen) atoms. The first kappa shape index (κ1) is 19.4. The van der Waals surface area contributed by atoms with Crippen molar-refractivity contribution in [2.45, 2.75) is 51.7 Å². The summed E-state index contributed by atoms with van der Waals surface area (Å²) in [5.41, 5.74) is 1.69. The topological polar surface area (TPSA) is 74.6 Å². The summed E-state index contributed by atoms with van der Waals surface area (Å²) in [6.45, 7) is 6.07. The molecular weight excluding hydrogens is 354 g/mol. The summed E-state index contributed by atoms with van der Waals surface area (Å²) >= 11 is 0. The molecule has 0 aromatic carbocycles. The maximum absolute atomic E-state index is 13.0. The Morgan fingerprint density at radius 1 is 1.36 bits per heavy atom. The van der Waals surface area contributed by atoms with Gasteiger partial charge in [0, 0.05) is 42.8 Å². The summed E-state index contributed by atoms with van der Waals surface area (Å²) in [6.07, 6.45) is 7.03. The van der Waals surface area contributed by atoms with Crippen LogP contribution in [0.2, 0.25) is 0 Å². The largest absolute Gasteiger partial charge is 0.396 e. The molecule has 4 atom stereocenters. The number of likely N-dealkylation sites (tertiary alicyclic amines) is 1. The molecule has 0 unspecified atom stereocenters. The van der Waals surface area contributed by atoms with Crippen LogP contribution in [0, 0.1) is 17.8 Å². The number of allylic oxidation sites excluding steroid dienone is 1. The van der Waals surface area contributed by atoms with Gasteiger partial charge in [0.25, 0.3) is 5.56 Å². The maximum Gasteiger partial charge on any atom is 0.258 e. The van der Waals surface area contributed by atoms with Crippen LogP contribution in [0.4, 0.5) is 0 Å². The van der Waals surface area contributed by atoms with E-state index in [1.165, 1.54) is 12.8 Å². The van der Waals surface area contributed by atoms with Crippen molar-refractivity contribution in [3.8, 4) is 0 Å². The highest BCUT2D eigenvalue weighted by Gasteiger charge is 2.55. The van der Waals surface area contributed by atoms with Crippen LogP contribution in [-0.4, -0.2) is 46.2 Å². The van der Waals surface area contributed by atoms with E-state index in [0.29, 0.717) is 18.0 Å². The molecule has 0 bridgehead atoms. The summed E-state index contributed by atoms with van der Waals surface area (Å²) in [5, 5.41) is 13.3. The van der Waals surface area contributed by atoms with Gasteiger partial charge < -0.3 is 15.0 Å². The molecule has 1 amide bonds. The lowest BCUT2D eigenvalue weighted by molar-refractivity contribution is -0.127. The fourth-order valence-electron chi connectivity index (χ4n) is 5.12. The number of aliphatic hydroxyl groups is 1. The zero-order chi connectivity index (χ0) is 19.8. The van der Waals surface area contributed by atoms with Gasteiger partial charge in [-0.3, -0.25) is 14.5 Å². The Labute approximate surface area is 166 Å². The molecule has 0 radical (unpaired) electrons. The third-order valence-electron chi connectivity index (χ3n) is 6.58. The summed E-state index contributed by atoms with van der Waals surface area (Å²) in [4.78, 5) is 28.2. The molecule has 1 aromatic rings. The second-order valence-corrected chi connectivity index (χ2v) is 8.46. The Morgan fingerprint density at radius 3 is 2.79 bits per heavy atom. The zero-order valence-electron chi connectivity index (χ0n) is 16.8. The van der Waals surface area contributed by atoms with Crippen molar-refractivity contribution in [2.75, 3.05) is 19.7 Å². The molecule has 3 aliphatic rings. The summed E-state index contributed by atoms with van der Waals surface area (Å²) in [6, 6.07) is 3.61. The number of aliphatic hydroxyl groups excluding tert-OH is 1. The number of nitrogens with one attached hydrogen (secondary N) is 1. The van der Waals surface area contributed by atoms with Gasteiger partial charge in [-0.05, 0) is 50.8 Å². The van der Waals surface area contributed by atoms with E-state index >= 15 is 0 Å². The van der Waals surface area contributed by atoms with Crippen molar-refractivity contribution in [3.05, 3.63) is 39.8 Å². The van der Waals surface area contributed by atoms with Gasteiger partial charge in [0.2, 0.25) is 5.91 Å². The van der Waals surface area contributed by atoms with Crippen LogP contribution in [0.5, 0.6) is 0 Å². The van der Waals surface area contributed by atoms with Crippen molar-refractivity contribution in [1.29, 1.82) is 0 Å². The van der Waals surface area contributed by atoms with Crippen molar-refractivity contribution < 1.29 is 9.90 Å². The fraction of sp³-hybridized carbons (Fsp3) is 0.636. The predicted octanol–water partition coefficient (Wildman–Crippen LogP) is 1.78. The highest BCUT2D eigenvalue weighted by atomic mass is 16.3. The van der Waals surface area contributed by atoms with E-state index < -0.39 is 0 Å². The lowest BCUT2D eigenvalue weighted by atomic mass is 9.88. The monoisotopic (exact) mass is 385 g/mol. The first-order chi connectivity index (χ1) is 13.6. The molecule has 2 N–H and O–H groups in total. The van der Waals surface area contributed by atoms with Crippen LogP contribution in [0.25, 0.3) is 6.08 Å². The first-order valence-corrected chi connectivity index (χ1v) is 10.6. The van der Waals surface area contributed by atoms with E-state index in [1.54, 1.807) is 0 Å². The number of pyridine rings is 1. The lowest BCUT2D eigenvalue weighted by Crippen LogP contribution is -2.49. The number of nitrogens with zero attached hydrogens (tertiary/aromatic N) is 2. The molecule has 6 nitrogen and oxygen atoms in total. The van der Waals surface area contributed by atoms with Crippen molar-refractivity contribution >= 4 is 12.0 Å². The summed E-state index contributed by atoms with van der Waals surface area (Å²) in [5.74, 6) is 0.594. The van der Waals surface area contributed by atoms with E-state index in [4.69, 9.17) is 0 Å². The van der Waals surface area contributed by atoms with Gasteiger partial charge in [0.1, 0.15) is 0 Å². The van der Waals surface area contributed by atoms with E-state index in [-0.39, 0.29) is 42.0 Å². The van der Waals surface area contributed by atoms with Gasteiger partial charge in [0.05, 0.1) is 12.1 Å². The number of carbonyl (C=O) groups is 1. The van der Waals surface area contributed by atoms with Gasteiger partial charge in [-0.2, -0.15) is 0 Å². The van der Waals surface area contributed by atoms with Gasteiger partial charge in [0.15, 0.2) is 0 Å². The molecule has 4 rings (SSSR count). The normalized spacial score (nSPS) is 29.2. The van der Waals surface area contributed by atoms with E-state index in [0.717, 1.165) is 25.2 Å². The highest BCUT2D eigenvalue weighted by molar-refractivity contribution is 5.82. The molecule has 1 saturated heterocycles. The molecule has 1 aliphatic carbocycles. The lowest BCUT2D eigenvalue weighted by Gasteiger charge is -2.30. The fourth-order valence-corrected chi connectivity index (χ4v) is 5.12. The van der Waals surface area contributed by atoms with Crippen molar-refractivity contribution in [1.82, 2.24) is 14.8 Å². The molecule has 152 valence electrons. The maximum atomic E-state index is 13.0. The number of carbonyl (C=O) groups excluding carboxylic acids is 1. The van der Waals surface area contributed by atoms with Gasteiger partial charge in [-0.15, -0.1) is 0 Å². The zero-order valence-corrected chi connectivity index (χ0v) is 16.8. The van der Waals surface area contributed by atoms with E-state index in [9.17, 15) is 14.7 Å². The Hall–Kier alpha value is -1.92. The molecule has 1 saturated carbocycles. The third kappa shape index (κ3) is 3.22. The predicted molar refractivity (Wildman–Crippen MR) is 109 cm³/mol. The third-order valence-corrected chi connectivity index (χ3v) is 6.58. The van der Waals surface area contributed by atoms with Gasteiger partial charge >= 0.3 is 0 Å². The summed E-state index contributed by atoms with van der Waals surface area (Å²) in [7, 11) is 0. The number of hydrogen-bond donors (Lipinski definition) is 2. The number of hydrogen-bond acceptors (Lipinski definition) is 4. The van der Waals surface area contributed by atoms with Crippen LogP contribution < -0.4 is 10.9 Å². The van der Waals surface area contributed by atoms with Gasteiger partial charge in [-0.25, -0.2) is 0 Å². The molecule has 0 spiro atoms. The average molecular weight is 386 g/mol.